The molecule has 0 bridgehead atoms. The molecule has 5 nitrogen and oxygen atoms in total. The molecule has 0 radical (unpaired) electrons. The molecule has 1 heterocycles. The fourth-order valence-corrected chi connectivity index (χ4v) is 4.57. The Morgan fingerprint density at radius 3 is 2.33 bits per heavy atom. The Kier molecular flexibility index (Phi) is 11.1. The van der Waals surface area contributed by atoms with Crippen LogP contribution in [0, 0.1) is 0 Å². The van der Waals surface area contributed by atoms with Crippen LogP contribution < -0.4 is 5.32 Å². The number of hydrogen-bond acceptors (Lipinski definition) is 3. The first-order valence-corrected chi connectivity index (χ1v) is 11.8. The third-order valence-electron chi connectivity index (χ3n) is 4.99. The van der Waals surface area contributed by atoms with Crippen LogP contribution in [-0.2, 0) is 23.1 Å². The molecule has 30 heavy (non-hydrogen) atoms. The number of piperazine rings is 1. The van der Waals surface area contributed by atoms with E-state index in [2.05, 4.69) is 32.2 Å². The molecular weight excluding hydrogens is 531 g/mol. The normalized spacial score (nSPS) is 16.1. The van der Waals surface area contributed by atoms with Crippen molar-refractivity contribution in [2.45, 2.75) is 12.3 Å². The van der Waals surface area contributed by atoms with Gasteiger partial charge in [-0.25, -0.2) is 0 Å². The van der Waals surface area contributed by atoms with E-state index in [0.717, 1.165) is 49.3 Å². The second-order valence-corrected chi connectivity index (χ2v) is 9.15. The van der Waals surface area contributed by atoms with E-state index in [-0.39, 0.29) is 24.0 Å². The van der Waals surface area contributed by atoms with Crippen LogP contribution in [0.15, 0.2) is 59.6 Å². The van der Waals surface area contributed by atoms with Crippen molar-refractivity contribution in [3.8, 4) is 0 Å². The molecule has 8 heteroatoms. The Labute approximate surface area is 204 Å². The highest BCUT2D eigenvalue weighted by Crippen LogP contribution is 2.13. The second kappa shape index (κ2) is 13.3. The lowest BCUT2D eigenvalue weighted by Crippen LogP contribution is -2.52. The molecule has 1 atom stereocenters. The van der Waals surface area contributed by atoms with Gasteiger partial charge in [0.2, 0.25) is 0 Å². The highest BCUT2D eigenvalue weighted by atomic mass is 127. The van der Waals surface area contributed by atoms with Crippen LogP contribution >= 0.6 is 35.6 Å². The molecule has 0 spiro atoms. The van der Waals surface area contributed by atoms with E-state index in [0.29, 0.717) is 18.1 Å². The first-order chi connectivity index (χ1) is 14.1. The Morgan fingerprint density at radius 1 is 1.03 bits per heavy atom. The van der Waals surface area contributed by atoms with Crippen molar-refractivity contribution in [1.29, 1.82) is 0 Å². The summed E-state index contributed by atoms with van der Waals surface area (Å²) < 4.78 is 12.3. The zero-order valence-corrected chi connectivity index (χ0v) is 21.2. The van der Waals surface area contributed by atoms with Crippen LogP contribution in [0.3, 0.4) is 0 Å². The quantitative estimate of drug-likeness (QED) is 0.319. The number of halogens is 2. The monoisotopic (exact) mass is 560 g/mol. The van der Waals surface area contributed by atoms with E-state index in [1.165, 1.54) is 5.56 Å². The maximum absolute atomic E-state index is 12.3. The van der Waals surface area contributed by atoms with Crippen molar-refractivity contribution in [2.24, 2.45) is 4.99 Å². The summed E-state index contributed by atoms with van der Waals surface area (Å²) >= 11 is 5.97. The molecular formula is C22H30ClIN4OS. The zero-order chi connectivity index (χ0) is 20.5. The van der Waals surface area contributed by atoms with Crippen LogP contribution in [0.4, 0.5) is 0 Å². The standard InChI is InChI=1S/C22H29ClN4OS.HI/c1-24-22(25-11-16-29(28)18-20-5-3-2-4-6-20)27-14-12-26(13-15-27)17-19-7-9-21(23)10-8-19;/h2-10H,11-18H2,1H3,(H,24,25);1H. The Hall–Kier alpha value is -1.16. The van der Waals surface area contributed by atoms with Crippen LogP contribution in [0.1, 0.15) is 11.1 Å². The summed E-state index contributed by atoms with van der Waals surface area (Å²) in [7, 11) is 0.931. The molecule has 2 aromatic carbocycles. The molecule has 1 fully saturated rings. The number of hydrogen-bond donors (Lipinski definition) is 1. The lowest BCUT2D eigenvalue weighted by atomic mass is 10.2. The van der Waals surface area contributed by atoms with Crippen molar-refractivity contribution in [1.82, 2.24) is 15.1 Å². The first kappa shape index (κ1) is 25.1. The van der Waals surface area contributed by atoms with Gasteiger partial charge in [0, 0.05) is 73.6 Å². The molecule has 2 aromatic rings. The Bertz CT molecular complexity index is 812. The van der Waals surface area contributed by atoms with E-state index in [9.17, 15) is 4.21 Å². The Morgan fingerprint density at radius 2 is 1.70 bits per heavy atom. The minimum Gasteiger partial charge on any atom is -0.355 e. The topological polar surface area (TPSA) is 47.9 Å². The summed E-state index contributed by atoms with van der Waals surface area (Å²) in [5.41, 5.74) is 2.40. The molecule has 0 amide bonds. The van der Waals surface area contributed by atoms with Crippen molar-refractivity contribution >= 4 is 52.3 Å². The highest BCUT2D eigenvalue weighted by molar-refractivity contribution is 14.0. The van der Waals surface area contributed by atoms with Gasteiger partial charge in [-0.1, -0.05) is 54.1 Å². The number of aliphatic imine (C=N–C) groups is 1. The third kappa shape index (κ3) is 8.17. The fourth-order valence-electron chi connectivity index (χ4n) is 3.41. The predicted molar refractivity (Wildman–Crippen MR) is 138 cm³/mol. The van der Waals surface area contributed by atoms with E-state index in [1.807, 2.05) is 49.5 Å². The molecule has 1 unspecified atom stereocenters. The average Bonchev–Trinajstić information content (AvgIpc) is 2.74. The van der Waals surface area contributed by atoms with Gasteiger partial charge in [0.25, 0.3) is 0 Å². The van der Waals surface area contributed by atoms with Gasteiger partial charge in [0.15, 0.2) is 5.96 Å². The highest BCUT2D eigenvalue weighted by Gasteiger charge is 2.19. The van der Waals surface area contributed by atoms with Gasteiger partial charge >= 0.3 is 0 Å². The number of rotatable bonds is 7. The third-order valence-corrected chi connectivity index (χ3v) is 6.55. The van der Waals surface area contributed by atoms with Gasteiger partial charge in [0.05, 0.1) is 0 Å². The van der Waals surface area contributed by atoms with E-state index in [4.69, 9.17) is 11.6 Å². The largest absolute Gasteiger partial charge is 0.355 e. The van der Waals surface area contributed by atoms with Gasteiger partial charge in [0.1, 0.15) is 0 Å². The zero-order valence-electron chi connectivity index (χ0n) is 17.3. The molecule has 164 valence electrons. The van der Waals surface area contributed by atoms with E-state index in [1.54, 1.807) is 0 Å². The average molecular weight is 561 g/mol. The molecule has 1 aliphatic rings. The molecule has 1 saturated heterocycles. The van der Waals surface area contributed by atoms with Crippen molar-refractivity contribution in [3.63, 3.8) is 0 Å². The Balaban J connectivity index is 0.00000320. The van der Waals surface area contributed by atoms with Crippen molar-refractivity contribution in [2.75, 3.05) is 45.5 Å². The maximum atomic E-state index is 12.3. The van der Waals surface area contributed by atoms with Crippen molar-refractivity contribution in [3.05, 3.63) is 70.7 Å². The molecule has 0 saturated carbocycles. The predicted octanol–water partition coefficient (Wildman–Crippen LogP) is 3.60. The summed E-state index contributed by atoms with van der Waals surface area (Å²) in [6, 6.07) is 18.1. The van der Waals surface area contributed by atoms with Crippen LogP contribution in [-0.4, -0.2) is 65.5 Å². The summed E-state index contributed by atoms with van der Waals surface area (Å²) in [5.74, 6) is 2.11. The summed E-state index contributed by atoms with van der Waals surface area (Å²) in [6.45, 7) is 5.44. The minimum absolute atomic E-state index is 0. The van der Waals surface area contributed by atoms with Gasteiger partial charge in [-0.05, 0) is 23.3 Å². The smallest absolute Gasteiger partial charge is 0.193 e. The van der Waals surface area contributed by atoms with Gasteiger partial charge in [-0.15, -0.1) is 24.0 Å². The van der Waals surface area contributed by atoms with Crippen molar-refractivity contribution < 1.29 is 4.21 Å². The molecule has 0 aromatic heterocycles. The number of benzene rings is 2. The molecule has 1 N–H and O–H groups in total. The van der Waals surface area contributed by atoms with Gasteiger partial charge in [-0.3, -0.25) is 14.1 Å². The SMILES string of the molecule is CN=C(NCCS(=O)Cc1ccccc1)N1CCN(Cc2ccc(Cl)cc2)CC1.I. The number of guanidine groups is 1. The fraction of sp³-hybridized carbons (Fsp3) is 0.409. The lowest BCUT2D eigenvalue weighted by molar-refractivity contribution is 0.172. The van der Waals surface area contributed by atoms with E-state index < -0.39 is 10.8 Å². The summed E-state index contributed by atoms with van der Waals surface area (Å²) in [6.07, 6.45) is 0. The van der Waals surface area contributed by atoms with Gasteiger partial charge < -0.3 is 10.2 Å². The number of nitrogens with zero attached hydrogens (tertiary/aromatic N) is 3. The van der Waals surface area contributed by atoms with Crippen LogP contribution in [0.2, 0.25) is 5.02 Å². The minimum atomic E-state index is -0.878. The van der Waals surface area contributed by atoms with E-state index >= 15 is 0 Å². The van der Waals surface area contributed by atoms with Crippen LogP contribution in [0.5, 0.6) is 0 Å². The lowest BCUT2D eigenvalue weighted by Gasteiger charge is -2.36. The second-order valence-electron chi connectivity index (χ2n) is 7.14. The molecule has 3 rings (SSSR count). The maximum Gasteiger partial charge on any atom is 0.193 e. The summed E-state index contributed by atoms with van der Waals surface area (Å²) in [5, 5.41) is 4.15. The number of nitrogens with one attached hydrogen (secondary N) is 1. The molecule has 1 aliphatic heterocycles. The summed E-state index contributed by atoms with van der Waals surface area (Å²) in [4.78, 5) is 9.13. The first-order valence-electron chi connectivity index (χ1n) is 9.95. The molecule has 0 aliphatic carbocycles. The van der Waals surface area contributed by atoms with Crippen LogP contribution in [0.25, 0.3) is 0 Å². The van der Waals surface area contributed by atoms with Gasteiger partial charge in [-0.2, -0.15) is 0 Å².